The Kier molecular flexibility index (Phi) is 4.71. The van der Waals surface area contributed by atoms with Gasteiger partial charge in [-0.3, -0.25) is 9.48 Å². The van der Waals surface area contributed by atoms with Gasteiger partial charge in [-0.2, -0.15) is 5.10 Å². The predicted octanol–water partition coefficient (Wildman–Crippen LogP) is 2.54. The van der Waals surface area contributed by atoms with Crippen LogP contribution < -0.4 is 5.32 Å². The van der Waals surface area contributed by atoms with Crippen molar-refractivity contribution in [3.8, 4) is 0 Å². The lowest BCUT2D eigenvalue weighted by Gasteiger charge is -2.38. The molecule has 0 radical (unpaired) electrons. The highest BCUT2D eigenvalue weighted by Gasteiger charge is 2.43. The summed E-state index contributed by atoms with van der Waals surface area (Å²) in [4.78, 5) is 19.1. The second kappa shape index (κ2) is 7.00. The zero-order valence-corrected chi connectivity index (χ0v) is 16.1. The zero-order valence-electron chi connectivity index (χ0n) is 15.3. The highest BCUT2D eigenvalue weighted by atomic mass is 32.1. The monoisotopic (exact) mass is 375 g/mol. The zero-order chi connectivity index (χ0) is 18.1. The molecule has 140 valence electrons. The molecule has 0 aromatic carbocycles. The van der Waals surface area contributed by atoms with Crippen molar-refractivity contribution in [2.75, 3.05) is 25.0 Å². The molecule has 2 aliphatic heterocycles. The van der Waals surface area contributed by atoms with E-state index in [4.69, 9.17) is 4.74 Å². The molecule has 0 bridgehead atoms. The van der Waals surface area contributed by atoms with Crippen LogP contribution >= 0.6 is 11.3 Å². The summed E-state index contributed by atoms with van der Waals surface area (Å²) in [5, 5.41) is 10.8. The van der Waals surface area contributed by atoms with Gasteiger partial charge in [0.25, 0.3) is 5.91 Å². The molecule has 1 N–H and O–H groups in total. The number of amides is 1. The van der Waals surface area contributed by atoms with Gasteiger partial charge in [0.2, 0.25) is 0 Å². The lowest BCUT2D eigenvalue weighted by molar-refractivity contribution is -0.0389. The normalized spacial score (nSPS) is 22.1. The third-order valence-corrected chi connectivity index (χ3v) is 6.06. The van der Waals surface area contributed by atoms with Gasteiger partial charge in [0, 0.05) is 31.2 Å². The molecular weight excluding hydrogens is 350 g/mol. The van der Waals surface area contributed by atoms with Crippen LogP contribution in [0.5, 0.6) is 0 Å². The van der Waals surface area contributed by atoms with E-state index < -0.39 is 0 Å². The Hall–Kier alpha value is -1.93. The molecule has 26 heavy (non-hydrogen) atoms. The second-order valence-electron chi connectivity index (χ2n) is 7.16. The maximum absolute atomic E-state index is 12.9. The molecule has 4 heterocycles. The lowest BCUT2D eigenvalue weighted by Crippen LogP contribution is -2.47. The van der Waals surface area contributed by atoms with Crippen molar-refractivity contribution in [2.24, 2.45) is 0 Å². The number of rotatable bonds is 4. The third kappa shape index (κ3) is 3.35. The number of likely N-dealkylation sites (tertiary alicyclic amines) is 1. The van der Waals surface area contributed by atoms with Crippen LogP contribution in [0.15, 0.2) is 17.6 Å². The lowest BCUT2D eigenvalue weighted by atomic mass is 9.87. The topological polar surface area (TPSA) is 72.3 Å². The minimum Gasteiger partial charge on any atom is -0.373 e. The fourth-order valence-corrected chi connectivity index (χ4v) is 4.60. The molecule has 0 saturated carbocycles. The maximum atomic E-state index is 12.9. The summed E-state index contributed by atoms with van der Waals surface area (Å²) in [7, 11) is 0. The Balaban J connectivity index is 1.36. The van der Waals surface area contributed by atoms with Crippen LogP contribution in [0, 0.1) is 6.92 Å². The van der Waals surface area contributed by atoms with Gasteiger partial charge in [0.05, 0.1) is 23.9 Å². The summed E-state index contributed by atoms with van der Waals surface area (Å²) >= 11 is 1.61. The standard InChI is InChI=1S/C18H25N5O2S/c1-3-23-15(10-13(2)21-23)16(24)22-7-4-18(5-8-22)11-14(12-25-18)20-17-19-6-9-26-17/h6,9-10,14H,3-5,7-8,11-12H2,1-2H3,(H,19,20). The van der Waals surface area contributed by atoms with E-state index in [0.717, 1.165) is 43.2 Å². The van der Waals surface area contributed by atoms with Crippen LogP contribution in [0.25, 0.3) is 0 Å². The molecule has 0 aliphatic carbocycles. The fraction of sp³-hybridized carbons (Fsp3) is 0.611. The molecule has 2 aliphatic rings. The Morgan fingerprint density at radius 2 is 2.27 bits per heavy atom. The van der Waals surface area contributed by atoms with Crippen molar-refractivity contribution >= 4 is 22.4 Å². The Labute approximate surface area is 157 Å². The van der Waals surface area contributed by atoms with Crippen molar-refractivity contribution in [3.05, 3.63) is 29.0 Å². The number of piperidine rings is 1. The average Bonchev–Trinajstić information content (AvgIpc) is 3.37. The molecule has 2 aromatic heterocycles. The molecule has 7 nitrogen and oxygen atoms in total. The quantitative estimate of drug-likeness (QED) is 0.889. The van der Waals surface area contributed by atoms with Crippen molar-refractivity contribution in [2.45, 2.75) is 51.3 Å². The molecule has 1 unspecified atom stereocenters. The minimum absolute atomic E-state index is 0.0813. The summed E-state index contributed by atoms with van der Waals surface area (Å²) in [6, 6.07) is 2.18. The van der Waals surface area contributed by atoms with Gasteiger partial charge in [0.1, 0.15) is 5.69 Å². The summed E-state index contributed by atoms with van der Waals surface area (Å²) in [6.45, 7) is 6.81. The summed E-state index contributed by atoms with van der Waals surface area (Å²) in [6.07, 6.45) is 4.55. The largest absolute Gasteiger partial charge is 0.373 e. The van der Waals surface area contributed by atoms with E-state index in [1.165, 1.54) is 0 Å². The highest BCUT2D eigenvalue weighted by molar-refractivity contribution is 7.13. The molecule has 1 amide bonds. The first-order chi connectivity index (χ1) is 12.6. The number of hydrogen-bond acceptors (Lipinski definition) is 6. The number of hydrogen-bond donors (Lipinski definition) is 1. The number of carbonyl (C=O) groups is 1. The van der Waals surface area contributed by atoms with E-state index in [2.05, 4.69) is 15.4 Å². The first-order valence-electron chi connectivity index (χ1n) is 9.22. The van der Waals surface area contributed by atoms with Crippen molar-refractivity contribution in [1.29, 1.82) is 0 Å². The van der Waals surface area contributed by atoms with Gasteiger partial charge in [-0.1, -0.05) is 0 Å². The van der Waals surface area contributed by atoms with Crippen molar-refractivity contribution in [3.63, 3.8) is 0 Å². The maximum Gasteiger partial charge on any atom is 0.272 e. The Morgan fingerprint density at radius 1 is 1.46 bits per heavy atom. The van der Waals surface area contributed by atoms with Crippen LogP contribution in [0.3, 0.4) is 0 Å². The summed E-state index contributed by atoms with van der Waals surface area (Å²) in [5.74, 6) is 0.0813. The van der Waals surface area contributed by atoms with Gasteiger partial charge in [-0.05, 0) is 39.2 Å². The number of nitrogens with zero attached hydrogens (tertiary/aromatic N) is 4. The number of aromatic nitrogens is 3. The van der Waals surface area contributed by atoms with Crippen molar-refractivity contribution < 1.29 is 9.53 Å². The van der Waals surface area contributed by atoms with Crippen LogP contribution in [-0.2, 0) is 11.3 Å². The van der Waals surface area contributed by atoms with E-state index >= 15 is 0 Å². The van der Waals surface area contributed by atoms with Crippen LogP contribution in [-0.4, -0.2) is 56.9 Å². The van der Waals surface area contributed by atoms with E-state index in [1.54, 1.807) is 16.0 Å². The Morgan fingerprint density at radius 3 is 2.96 bits per heavy atom. The van der Waals surface area contributed by atoms with E-state index in [-0.39, 0.29) is 11.5 Å². The predicted molar refractivity (Wildman–Crippen MR) is 101 cm³/mol. The molecule has 2 aromatic rings. The number of carbonyl (C=O) groups excluding carboxylic acids is 1. The molecule has 4 rings (SSSR count). The number of aryl methyl sites for hydroxylation is 2. The third-order valence-electron chi connectivity index (χ3n) is 5.35. The average molecular weight is 375 g/mol. The SMILES string of the molecule is CCn1nc(C)cc1C(=O)N1CCC2(CC1)CC(Nc1nccs1)CO2. The molecule has 8 heteroatoms. The van der Waals surface area contributed by atoms with Crippen molar-refractivity contribution in [1.82, 2.24) is 19.7 Å². The van der Waals surface area contributed by atoms with Crippen LogP contribution in [0.2, 0.25) is 0 Å². The first kappa shape index (κ1) is 17.5. The molecule has 1 atom stereocenters. The van der Waals surface area contributed by atoms with E-state index in [9.17, 15) is 4.79 Å². The van der Waals surface area contributed by atoms with Gasteiger partial charge < -0.3 is 15.0 Å². The Bertz CT molecular complexity index is 765. The number of anilines is 1. The first-order valence-corrected chi connectivity index (χ1v) is 10.1. The smallest absolute Gasteiger partial charge is 0.272 e. The van der Waals surface area contributed by atoms with E-state index in [1.807, 2.05) is 36.4 Å². The second-order valence-corrected chi connectivity index (χ2v) is 8.05. The molecule has 1 spiro atoms. The van der Waals surface area contributed by atoms with E-state index in [0.29, 0.717) is 24.9 Å². The van der Waals surface area contributed by atoms with Gasteiger partial charge in [0.15, 0.2) is 5.13 Å². The minimum atomic E-state index is -0.105. The molecular formula is C18H25N5O2S. The number of thiazole rings is 1. The van der Waals surface area contributed by atoms with Gasteiger partial charge in [-0.25, -0.2) is 4.98 Å². The van der Waals surface area contributed by atoms with Crippen LogP contribution in [0.4, 0.5) is 5.13 Å². The molecule has 2 saturated heterocycles. The highest BCUT2D eigenvalue weighted by Crippen LogP contribution is 2.37. The summed E-state index contributed by atoms with van der Waals surface area (Å²) in [5.41, 5.74) is 1.47. The number of ether oxygens (including phenoxy) is 1. The fourth-order valence-electron chi connectivity index (χ4n) is 3.99. The van der Waals surface area contributed by atoms with Crippen LogP contribution in [0.1, 0.15) is 42.4 Å². The van der Waals surface area contributed by atoms with Gasteiger partial charge >= 0.3 is 0 Å². The number of nitrogens with one attached hydrogen (secondary N) is 1. The van der Waals surface area contributed by atoms with Gasteiger partial charge in [-0.15, -0.1) is 11.3 Å². The summed E-state index contributed by atoms with van der Waals surface area (Å²) < 4.78 is 7.98. The molecule has 2 fully saturated rings.